The minimum absolute atomic E-state index is 0.00428. The van der Waals surface area contributed by atoms with Gasteiger partial charge in [0.15, 0.2) is 12.1 Å². The summed E-state index contributed by atoms with van der Waals surface area (Å²) >= 11 is 0. The quantitative estimate of drug-likeness (QED) is 0.0167. The largest absolute Gasteiger partial charge is 0.481 e. The van der Waals surface area contributed by atoms with E-state index in [9.17, 15) is 54.0 Å². The van der Waals surface area contributed by atoms with Crippen molar-refractivity contribution in [1.82, 2.24) is 46.9 Å². The Morgan fingerprint density at radius 1 is 0.906 bits per heavy atom. The third-order valence-corrected chi connectivity index (χ3v) is 10.1. The topological polar surface area (TPSA) is 426 Å². The number of rotatable bonds is 18. The van der Waals surface area contributed by atoms with Gasteiger partial charge in [-0.25, -0.2) is 4.68 Å². The molecule has 27 nitrogen and oxygen atoms in total. The van der Waals surface area contributed by atoms with E-state index in [0.29, 0.717) is 0 Å². The monoisotopic (exact) mass is 899 g/mol. The van der Waals surface area contributed by atoms with Crippen LogP contribution in [-0.2, 0) is 44.7 Å². The molecule has 2 aromatic rings. The van der Waals surface area contributed by atoms with E-state index in [1.54, 1.807) is 30.3 Å². The molecule has 348 valence electrons. The number of aliphatic imine (C=N–C) groups is 1. The molecule has 27 heteroatoms. The molecular weight excluding hydrogens is 846 g/mol. The maximum atomic E-state index is 14.1. The number of hydrogen-bond acceptors (Lipinski definition) is 15. The SMILES string of the molecule is [N-]=[N+]=NCC(=O)NC[C@H]1OC(C(=O)NCCCC[C@H]2C(=O)N[C@@H](CCCN=C(N)N)C(=O)NCC(=O)N[C@@H](CC(=O)O)C(=O)N[C@@H](Cc3ccccc3)c3cn2nn3)[C@@H](O)C(O)[C@@H]1O. The van der Waals surface area contributed by atoms with Crippen molar-refractivity contribution < 1.29 is 58.7 Å². The lowest BCUT2D eigenvalue weighted by atomic mass is 9.94. The van der Waals surface area contributed by atoms with Crippen LogP contribution in [0.15, 0.2) is 46.6 Å². The van der Waals surface area contributed by atoms with Crippen molar-refractivity contribution in [2.75, 3.05) is 32.7 Å². The predicted octanol–water partition coefficient (Wildman–Crippen LogP) is -4.59. The third-order valence-electron chi connectivity index (χ3n) is 10.1. The van der Waals surface area contributed by atoms with Gasteiger partial charge in [-0.2, -0.15) is 0 Å². The highest BCUT2D eigenvalue weighted by molar-refractivity contribution is 5.94. The second kappa shape index (κ2) is 24.6. The predicted molar refractivity (Wildman–Crippen MR) is 220 cm³/mol. The number of aliphatic hydroxyl groups excluding tert-OH is 3. The number of aliphatic hydroxyl groups is 3. The molecule has 4 rings (SSSR count). The van der Waals surface area contributed by atoms with Crippen molar-refractivity contribution >= 4 is 47.4 Å². The highest BCUT2D eigenvalue weighted by Crippen LogP contribution is 2.23. The van der Waals surface area contributed by atoms with E-state index < -0.39 is 116 Å². The Hall–Kier alpha value is -6.93. The van der Waals surface area contributed by atoms with E-state index in [4.69, 9.17) is 21.7 Å². The molecule has 0 saturated carbocycles. The number of benzene rings is 1. The van der Waals surface area contributed by atoms with Gasteiger partial charge in [-0.05, 0) is 49.6 Å². The number of aliphatic carboxylic acids is 1. The second-order valence-corrected chi connectivity index (χ2v) is 14.9. The van der Waals surface area contributed by atoms with Gasteiger partial charge >= 0.3 is 5.97 Å². The summed E-state index contributed by atoms with van der Waals surface area (Å²) in [4.78, 5) is 97.3. The van der Waals surface area contributed by atoms with Gasteiger partial charge < -0.3 is 68.5 Å². The highest BCUT2D eigenvalue weighted by Gasteiger charge is 2.46. The number of carboxylic acid groups (broad SMARTS) is 1. The van der Waals surface area contributed by atoms with Gasteiger partial charge in [-0.3, -0.25) is 38.6 Å². The Bertz CT molecular complexity index is 2030. The van der Waals surface area contributed by atoms with Crippen LogP contribution in [0.5, 0.6) is 0 Å². The molecule has 1 fully saturated rings. The van der Waals surface area contributed by atoms with Crippen molar-refractivity contribution in [3.05, 3.63) is 58.2 Å². The first kappa shape index (κ1) is 49.7. The number of nitrogens with two attached hydrogens (primary N) is 2. The summed E-state index contributed by atoms with van der Waals surface area (Å²) in [6.07, 6.45) is -6.84. The number of nitrogens with zero attached hydrogens (tertiary/aromatic N) is 7. The number of hydrogen-bond donors (Lipinski definition) is 12. The zero-order chi connectivity index (χ0) is 46.8. The number of ether oxygens (including phenoxy) is 1. The van der Waals surface area contributed by atoms with E-state index in [1.807, 2.05) is 0 Å². The van der Waals surface area contributed by atoms with Crippen LogP contribution in [0.2, 0.25) is 0 Å². The summed E-state index contributed by atoms with van der Waals surface area (Å²) in [5.74, 6) is -6.37. The van der Waals surface area contributed by atoms with Crippen LogP contribution in [0, 0.1) is 0 Å². The Balaban J connectivity index is 1.55. The molecule has 1 aromatic carbocycles. The fourth-order valence-corrected chi connectivity index (χ4v) is 6.77. The molecule has 3 heterocycles. The first-order valence-corrected chi connectivity index (χ1v) is 20.2. The minimum Gasteiger partial charge on any atom is -0.481 e. The molecule has 2 bridgehead atoms. The number of azide groups is 1. The number of unbranched alkanes of at least 4 members (excludes halogenated alkanes) is 1. The summed E-state index contributed by atoms with van der Waals surface area (Å²) in [6, 6.07) is 4.04. The number of aromatic nitrogens is 3. The van der Waals surface area contributed by atoms with Crippen LogP contribution < -0.4 is 43.4 Å². The molecule has 6 amide bonds. The molecule has 2 aliphatic heterocycles. The van der Waals surface area contributed by atoms with E-state index in [2.05, 4.69) is 57.2 Å². The van der Waals surface area contributed by atoms with Crippen molar-refractivity contribution in [2.45, 2.75) is 99.6 Å². The van der Waals surface area contributed by atoms with Crippen LogP contribution in [-0.4, -0.2) is 158 Å². The van der Waals surface area contributed by atoms with Crippen molar-refractivity contribution in [2.24, 2.45) is 21.6 Å². The zero-order valence-electron chi connectivity index (χ0n) is 34.5. The molecule has 2 unspecified atom stereocenters. The fourth-order valence-electron chi connectivity index (χ4n) is 6.77. The van der Waals surface area contributed by atoms with Gasteiger partial charge in [-0.15, -0.1) is 5.10 Å². The molecule has 0 radical (unpaired) electrons. The smallest absolute Gasteiger partial charge is 0.305 e. The maximum Gasteiger partial charge on any atom is 0.305 e. The molecule has 14 N–H and O–H groups in total. The Morgan fingerprint density at radius 3 is 2.34 bits per heavy atom. The Labute approximate surface area is 364 Å². The minimum atomic E-state index is -1.84. The molecule has 0 aliphatic carbocycles. The lowest BCUT2D eigenvalue weighted by Gasteiger charge is -2.39. The van der Waals surface area contributed by atoms with Crippen LogP contribution in [0.4, 0.5) is 0 Å². The standard InChI is InChI=1S/C37H53N15O12/c38-37(39)42-12-6-9-20-33(60)44-16-27(54)46-22(14-28(55)56)34(61)48-21(13-19-7-2-1-3-8-19)23-18-52(51-49-23)24(35(62)47-20)10-4-5-11-41-36(63)32-31(59)30(58)29(57)25(64-32)15-43-26(53)17-45-50-40/h1-3,7-8,18,20-22,24-25,29-32,57-59H,4-6,9-17H2,(H,41,63)(H,43,53)(H,44,60)(H,46,54)(H,47,62)(H,48,61)(H,55,56)(H4,38,39,42)/t20-,21-,22-,24-,25+,29+,30?,31-,32?/m0/s1. The molecule has 9 atom stereocenters. The van der Waals surface area contributed by atoms with Gasteiger partial charge in [0.1, 0.15) is 54.8 Å². The maximum absolute atomic E-state index is 14.1. The van der Waals surface area contributed by atoms with Crippen molar-refractivity contribution in [3.8, 4) is 0 Å². The van der Waals surface area contributed by atoms with Gasteiger partial charge in [-0.1, -0.05) is 40.7 Å². The highest BCUT2D eigenvalue weighted by atomic mass is 16.5. The van der Waals surface area contributed by atoms with Crippen LogP contribution >= 0.6 is 0 Å². The molecular formula is C37H53N15O12. The summed E-state index contributed by atoms with van der Waals surface area (Å²) in [7, 11) is 0. The van der Waals surface area contributed by atoms with Gasteiger partial charge in [0, 0.05) is 24.5 Å². The fraction of sp³-hybridized carbons (Fsp3) is 0.568. The zero-order valence-corrected chi connectivity index (χ0v) is 34.5. The first-order valence-electron chi connectivity index (χ1n) is 20.2. The van der Waals surface area contributed by atoms with Gasteiger partial charge in [0.05, 0.1) is 25.2 Å². The van der Waals surface area contributed by atoms with Gasteiger partial charge in [0.2, 0.25) is 29.5 Å². The molecule has 2 aliphatic rings. The normalized spacial score (nSPS) is 25.3. The number of guanidine groups is 1. The van der Waals surface area contributed by atoms with Gasteiger partial charge in [0.25, 0.3) is 5.91 Å². The average Bonchev–Trinajstić information content (AvgIpc) is 3.75. The Morgan fingerprint density at radius 2 is 1.64 bits per heavy atom. The molecule has 64 heavy (non-hydrogen) atoms. The number of carbonyl (C=O) groups excluding carboxylic acids is 6. The number of carbonyl (C=O) groups is 7. The van der Waals surface area contributed by atoms with E-state index >= 15 is 0 Å². The summed E-state index contributed by atoms with van der Waals surface area (Å²) < 4.78 is 6.78. The van der Waals surface area contributed by atoms with Crippen LogP contribution in [0.1, 0.15) is 61.9 Å². The number of amides is 6. The van der Waals surface area contributed by atoms with Crippen molar-refractivity contribution in [1.29, 1.82) is 0 Å². The summed E-state index contributed by atoms with van der Waals surface area (Å²) in [5, 5.41) is 67.6. The Kier molecular flexibility index (Phi) is 19.1. The van der Waals surface area contributed by atoms with E-state index in [-0.39, 0.29) is 69.8 Å². The number of nitrogens with one attached hydrogen (secondary N) is 6. The second-order valence-electron chi connectivity index (χ2n) is 14.9. The molecule has 0 spiro atoms. The lowest BCUT2D eigenvalue weighted by molar-refractivity contribution is -0.219. The van der Waals surface area contributed by atoms with Crippen molar-refractivity contribution in [3.63, 3.8) is 0 Å². The van der Waals surface area contributed by atoms with E-state index in [0.717, 1.165) is 5.56 Å². The average molecular weight is 900 g/mol. The molecule has 1 saturated heterocycles. The summed E-state index contributed by atoms with van der Waals surface area (Å²) in [5.41, 5.74) is 20.2. The molecule has 1 aromatic heterocycles. The van der Waals surface area contributed by atoms with Crippen LogP contribution in [0.25, 0.3) is 10.4 Å². The lowest BCUT2D eigenvalue weighted by Crippen LogP contribution is -2.63. The number of carboxylic acids is 1. The first-order chi connectivity index (χ1) is 30.6. The third kappa shape index (κ3) is 15.2. The van der Waals surface area contributed by atoms with Crippen LogP contribution in [0.3, 0.4) is 0 Å². The van der Waals surface area contributed by atoms with E-state index in [1.165, 1.54) is 10.9 Å². The summed E-state index contributed by atoms with van der Waals surface area (Å²) in [6.45, 7) is -1.55. The number of fused-ring (bicyclic) bond motifs is 2.